The van der Waals surface area contributed by atoms with Gasteiger partial charge in [-0.2, -0.15) is 0 Å². The Morgan fingerprint density at radius 2 is 2.00 bits per heavy atom. The largest absolute Gasteiger partial charge is 0.481 e. The Morgan fingerprint density at radius 1 is 1.33 bits per heavy atom. The molecule has 1 aromatic rings. The molecule has 0 saturated carbocycles. The minimum absolute atomic E-state index is 0. The van der Waals surface area contributed by atoms with E-state index in [-0.39, 0.29) is 18.3 Å². The van der Waals surface area contributed by atoms with Gasteiger partial charge >= 0.3 is 0 Å². The lowest BCUT2D eigenvalue weighted by molar-refractivity contribution is 0.317. The summed E-state index contributed by atoms with van der Waals surface area (Å²) < 4.78 is 5.02. The van der Waals surface area contributed by atoms with E-state index in [2.05, 4.69) is 0 Å². The van der Waals surface area contributed by atoms with Gasteiger partial charge in [-0.3, -0.25) is 5.41 Å². The molecule has 0 atom stereocenters. The van der Waals surface area contributed by atoms with Crippen molar-refractivity contribution in [1.29, 1.82) is 5.41 Å². The summed E-state index contributed by atoms with van der Waals surface area (Å²) in [5, 5.41) is 8.49. The molecule has 0 unspecified atom stereocenters. The van der Waals surface area contributed by atoms with Crippen molar-refractivity contribution in [2.75, 3.05) is 6.61 Å². The molecule has 0 aromatic heterocycles. The van der Waals surface area contributed by atoms with Gasteiger partial charge in [0.1, 0.15) is 0 Å². The molecule has 2 nitrogen and oxygen atoms in total. The van der Waals surface area contributed by atoms with Crippen LogP contribution in [-0.4, -0.2) is 12.5 Å². The summed E-state index contributed by atoms with van der Waals surface area (Å²) in [4.78, 5) is 0. The minimum atomic E-state index is 0. The Bertz CT molecular complexity index is 341. The molecule has 0 fully saturated rings. The fourth-order valence-electron chi connectivity index (χ4n) is 1.06. The van der Waals surface area contributed by atoms with E-state index in [9.17, 15) is 0 Å². The fourth-order valence-corrected chi connectivity index (χ4v) is 1.38. The van der Waals surface area contributed by atoms with Crippen molar-refractivity contribution in [3.8, 4) is 0 Å². The summed E-state index contributed by atoms with van der Waals surface area (Å²) in [5.41, 5.74) is 0.929. The minimum Gasteiger partial charge on any atom is -0.481 e. The molecule has 0 aliphatic carbocycles. The molecule has 0 amide bonds. The van der Waals surface area contributed by atoms with Gasteiger partial charge in [0.2, 0.25) is 0 Å². The van der Waals surface area contributed by atoms with Crippen molar-refractivity contribution in [2.45, 2.75) is 13.3 Å². The Hall–Kier alpha value is -0.440. The number of ether oxygens (including phenoxy) is 1. The average molecular weight is 269 g/mol. The lowest BCUT2D eigenvalue weighted by atomic mass is 10.1. The summed E-state index contributed by atoms with van der Waals surface area (Å²) in [7, 11) is 0. The second-order valence-corrected chi connectivity index (χ2v) is 3.60. The second-order valence-electron chi connectivity index (χ2n) is 2.78. The molecule has 0 heterocycles. The van der Waals surface area contributed by atoms with E-state index in [0.717, 1.165) is 5.56 Å². The van der Waals surface area contributed by atoms with E-state index in [1.165, 1.54) is 0 Å². The molecular formula is C10H12Cl3NO. The maximum atomic E-state index is 7.45. The van der Waals surface area contributed by atoms with Gasteiger partial charge < -0.3 is 4.74 Å². The van der Waals surface area contributed by atoms with Crippen molar-refractivity contribution < 1.29 is 4.74 Å². The van der Waals surface area contributed by atoms with Crippen molar-refractivity contribution in [2.24, 2.45) is 0 Å². The first-order valence-corrected chi connectivity index (χ1v) is 5.03. The molecule has 1 rings (SSSR count). The molecule has 84 valence electrons. The third kappa shape index (κ3) is 4.74. The zero-order valence-corrected chi connectivity index (χ0v) is 10.5. The molecule has 0 aliphatic rings. The lowest BCUT2D eigenvalue weighted by Crippen LogP contribution is -2.06. The normalized spacial score (nSPS) is 9.27. The van der Waals surface area contributed by atoms with Crippen molar-refractivity contribution >= 4 is 41.5 Å². The van der Waals surface area contributed by atoms with Crippen LogP contribution in [0.25, 0.3) is 0 Å². The van der Waals surface area contributed by atoms with Gasteiger partial charge in [-0.25, -0.2) is 0 Å². The highest BCUT2D eigenvalue weighted by atomic mass is 35.5. The third-order valence-electron chi connectivity index (χ3n) is 1.67. The molecule has 15 heavy (non-hydrogen) atoms. The van der Waals surface area contributed by atoms with Crippen LogP contribution in [0.1, 0.15) is 12.5 Å². The van der Waals surface area contributed by atoms with Crippen LogP contribution < -0.4 is 0 Å². The highest BCUT2D eigenvalue weighted by Gasteiger charge is 2.02. The van der Waals surface area contributed by atoms with E-state index in [0.29, 0.717) is 23.1 Å². The smallest absolute Gasteiger partial charge is 0.184 e. The van der Waals surface area contributed by atoms with Crippen molar-refractivity contribution in [3.63, 3.8) is 0 Å². The van der Waals surface area contributed by atoms with E-state index in [1.807, 2.05) is 13.0 Å². The van der Waals surface area contributed by atoms with Crippen LogP contribution in [0.5, 0.6) is 0 Å². The van der Waals surface area contributed by atoms with Crippen molar-refractivity contribution in [3.05, 3.63) is 33.8 Å². The average Bonchev–Trinajstić information content (AvgIpc) is 2.12. The first kappa shape index (κ1) is 14.6. The van der Waals surface area contributed by atoms with Gasteiger partial charge in [0, 0.05) is 6.42 Å². The van der Waals surface area contributed by atoms with Crippen LogP contribution in [0.4, 0.5) is 0 Å². The van der Waals surface area contributed by atoms with Crippen LogP contribution in [0.15, 0.2) is 18.2 Å². The van der Waals surface area contributed by atoms with Gasteiger partial charge in [0.25, 0.3) is 0 Å². The van der Waals surface area contributed by atoms with E-state index < -0.39 is 0 Å². The number of nitrogens with one attached hydrogen (secondary N) is 1. The van der Waals surface area contributed by atoms with Crippen LogP contribution in [0.2, 0.25) is 10.0 Å². The second kappa shape index (κ2) is 6.94. The van der Waals surface area contributed by atoms with E-state index in [4.69, 9.17) is 33.3 Å². The zero-order valence-electron chi connectivity index (χ0n) is 8.22. The maximum Gasteiger partial charge on any atom is 0.184 e. The Kier molecular flexibility index (Phi) is 6.73. The number of benzene rings is 1. The highest BCUT2D eigenvalue weighted by Crippen LogP contribution is 2.22. The maximum absolute atomic E-state index is 7.45. The van der Waals surface area contributed by atoms with Gasteiger partial charge in [-0.1, -0.05) is 29.3 Å². The van der Waals surface area contributed by atoms with Crippen LogP contribution in [0, 0.1) is 5.41 Å². The van der Waals surface area contributed by atoms with Crippen LogP contribution in [-0.2, 0) is 11.2 Å². The summed E-state index contributed by atoms with van der Waals surface area (Å²) in [6.45, 7) is 2.36. The Labute approximate surface area is 105 Å². The number of hydrogen-bond donors (Lipinski definition) is 1. The molecule has 1 aromatic carbocycles. The van der Waals surface area contributed by atoms with Crippen LogP contribution >= 0.6 is 35.6 Å². The zero-order chi connectivity index (χ0) is 10.6. The van der Waals surface area contributed by atoms with E-state index in [1.54, 1.807) is 12.1 Å². The van der Waals surface area contributed by atoms with Gasteiger partial charge in [0.05, 0.1) is 16.7 Å². The molecule has 1 N–H and O–H groups in total. The summed E-state index contributed by atoms with van der Waals surface area (Å²) >= 11 is 11.6. The molecule has 0 saturated heterocycles. The fraction of sp³-hybridized carbons (Fsp3) is 0.300. The molecular weight excluding hydrogens is 256 g/mol. The number of hydrogen-bond acceptors (Lipinski definition) is 2. The van der Waals surface area contributed by atoms with Crippen LogP contribution in [0.3, 0.4) is 0 Å². The number of halogens is 3. The van der Waals surface area contributed by atoms with Gasteiger partial charge in [0.15, 0.2) is 5.90 Å². The number of rotatable bonds is 3. The summed E-state index contributed by atoms with van der Waals surface area (Å²) in [6.07, 6.45) is 0.449. The SMILES string of the molecule is CCOC(=N)Cc1ccc(Cl)c(Cl)c1.Cl. The molecule has 0 spiro atoms. The highest BCUT2D eigenvalue weighted by molar-refractivity contribution is 6.42. The molecule has 5 heteroatoms. The lowest BCUT2D eigenvalue weighted by Gasteiger charge is -2.05. The first-order valence-electron chi connectivity index (χ1n) is 4.27. The van der Waals surface area contributed by atoms with E-state index >= 15 is 0 Å². The van der Waals surface area contributed by atoms with Gasteiger partial charge in [-0.15, -0.1) is 12.4 Å². The summed E-state index contributed by atoms with van der Waals surface area (Å²) in [5.74, 6) is 0.242. The van der Waals surface area contributed by atoms with Gasteiger partial charge in [-0.05, 0) is 24.6 Å². The van der Waals surface area contributed by atoms with Crippen molar-refractivity contribution in [1.82, 2.24) is 0 Å². The molecule has 0 bridgehead atoms. The summed E-state index contributed by atoms with van der Waals surface area (Å²) in [6, 6.07) is 5.30. The predicted molar refractivity (Wildman–Crippen MR) is 66.8 cm³/mol. The Morgan fingerprint density at radius 3 is 2.53 bits per heavy atom. The third-order valence-corrected chi connectivity index (χ3v) is 2.41. The first-order chi connectivity index (χ1) is 6.63. The Balaban J connectivity index is 0.00000196. The molecule has 0 radical (unpaired) electrons. The predicted octanol–water partition coefficient (Wildman–Crippen LogP) is 3.97. The standard InChI is InChI=1S/C10H11Cl2NO.ClH/c1-2-14-10(13)6-7-3-4-8(11)9(12)5-7;/h3-5,13H,2,6H2,1H3;1H. The molecule has 0 aliphatic heterocycles. The topological polar surface area (TPSA) is 33.1 Å². The monoisotopic (exact) mass is 267 g/mol. The quantitative estimate of drug-likeness (QED) is 0.653.